The molecule has 0 aliphatic carbocycles. The van der Waals surface area contributed by atoms with E-state index in [1.54, 1.807) is 24.4 Å². The van der Waals surface area contributed by atoms with Crippen LogP contribution < -0.4 is 10.9 Å². The number of hydrogen-bond acceptors (Lipinski definition) is 4. The molecule has 0 aliphatic heterocycles. The zero-order chi connectivity index (χ0) is 13.7. The summed E-state index contributed by atoms with van der Waals surface area (Å²) in [6.07, 6.45) is 1.65. The molecule has 1 amide bonds. The van der Waals surface area contributed by atoms with Crippen molar-refractivity contribution in [3.8, 4) is 0 Å². The zero-order valence-corrected chi connectivity index (χ0v) is 10.2. The molecule has 2 heterocycles. The van der Waals surface area contributed by atoms with Crippen LogP contribution in [-0.4, -0.2) is 28.7 Å². The number of aromatic nitrogens is 1. The minimum atomic E-state index is -0.388. The maximum Gasteiger partial charge on any atom is 0.287 e. The summed E-state index contributed by atoms with van der Waals surface area (Å²) in [6, 6.07) is 8.05. The Bertz CT molecular complexity index is 615. The normalized spacial score (nSPS) is 10.4. The van der Waals surface area contributed by atoms with Crippen molar-refractivity contribution in [1.29, 1.82) is 0 Å². The van der Waals surface area contributed by atoms with Gasteiger partial charge in [0.2, 0.25) is 0 Å². The van der Waals surface area contributed by atoms with Crippen molar-refractivity contribution in [2.75, 3.05) is 13.2 Å². The van der Waals surface area contributed by atoms with E-state index in [1.165, 1.54) is 16.7 Å². The molecule has 6 nitrogen and oxygen atoms in total. The number of pyridine rings is 1. The lowest BCUT2D eigenvalue weighted by Crippen LogP contribution is -2.25. The van der Waals surface area contributed by atoms with Crippen LogP contribution in [0.4, 0.5) is 0 Å². The van der Waals surface area contributed by atoms with Crippen LogP contribution in [0, 0.1) is 0 Å². The second-order valence-electron chi connectivity index (χ2n) is 3.91. The predicted octanol–water partition coefficient (Wildman–Crippen LogP) is 0.212. The second-order valence-corrected chi connectivity index (χ2v) is 3.91. The quantitative estimate of drug-likeness (QED) is 0.806. The average Bonchev–Trinajstić information content (AvgIpc) is 2.87. The van der Waals surface area contributed by atoms with E-state index in [0.717, 1.165) is 0 Å². The Morgan fingerprint density at radius 3 is 2.89 bits per heavy atom. The number of nitrogens with one attached hydrogen (secondary N) is 1. The lowest BCUT2D eigenvalue weighted by atomic mass is 10.4. The topological polar surface area (TPSA) is 84.5 Å². The van der Waals surface area contributed by atoms with Crippen molar-refractivity contribution < 1.29 is 14.3 Å². The molecule has 0 bridgehead atoms. The van der Waals surface area contributed by atoms with Gasteiger partial charge in [-0.1, -0.05) is 6.07 Å². The molecule has 100 valence electrons. The maximum absolute atomic E-state index is 11.6. The van der Waals surface area contributed by atoms with E-state index in [1.807, 2.05) is 0 Å². The summed E-state index contributed by atoms with van der Waals surface area (Å²) in [7, 11) is 0. The fraction of sp³-hybridized carbons (Fsp3) is 0.231. The highest BCUT2D eigenvalue weighted by Gasteiger charge is 2.10. The summed E-state index contributed by atoms with van der Waals surface area (Å²) < 4.78 is 6.83. The highest BCUT2D eigenvalue weighted by molar-refractivity contribution is 5.91. The van der Waals surface area contributed by atoms with Gasteiger partial charge < -0.3 is 19.4 Å². The smallest absolute Gasteiger partial charge is 0.287 e. The highest BCUT2D eigenvalue weighted by atomic mass is 16.4. The molecule has 0 saturated heterocycles. The first-order chi connectivity index (χ1) is 9.20. The van der Waals surface area contributed by atoms with Gasteiger partial charge in [-0.3, -0.25) is 9.59 Å². The third-order valence-electron chi connectivity index (χ3n) is 2.51. The van der Waals surface area contributed by atoms with Crippen molar-refractivity contribution in [1.82, 2.24) is 9.88 Å². The van der Waals surface area contributed by atoms with E-state index >= 15 is 0 Å². The molecular formula is C13H14N2O4. The number of hydrogen-bond donors (Lipinski definition) is 2. The van der Waals surface area contributed by atoms with Gasteiger partial charge in [0.15, 0.2) is 5.76 Å². The number of aliphatic hydroxyl groups excluding tert-OH is 1. The molecule has 6 heteroatoms. The Kier molecular flexibility index (Phi) is 4.15. The average molecular weight is 262 g/mol. The van der Waals surface area contributed by atoms with Crippen LogP contribution in [0.15, 0.2) is 45.7 Å². The Morgan fingerprint density at radius 1 is 1.32 bits per heavy atom. The minimum absolute atomic E-state index is 0.126. The first kappa shape index (κ1) is 13.1. The van der Waals surface area contributed by atoms with E-state index < -0.39 is 0 Å². The van der Waals surface area contributed by atoms with Crippen molar-refractivity contribution in [2.24, 2.45) is 0 Å². The van der Waals surface area contributed by atoms with E-state index in [2.05, 4.69) is 5.32 Å². The van der Waals surface area contributed by atoms with Gasteiger partial charge in [0, 0.05) is 18.8 Å². The third kappa shape index (κ3) is 3.32. The fourth-order valence-corrected chi connectivity index (χ4v) is 1.60. The molecule has 0 aliphatic rings. The lowest BCUT2D eigenvalue weighted by molar-refractivity contribution is 0.0915. The van der Waals surface area contributed by atoms with Gasteiger partial charge in [-0.25, -0.2) is 0 Å². The first-order valence-electron chi connectivity index (χ1n) is 5.84. The van der Waals surface area contributed by atoms with Crippen molar-refractivity contribution in [3.05, 3.63) is 58.4 Å². The zero-order valence-electron chi connectivity index (χ0n) is 10.2. The summed E-state index contributed by atoms with van der Waals surface area (Å²) in [5, 5.41) is 11.1. The number of aliphatic hydroxyl groups is 1. The predicted molar refractivity (Wildman–Crippen MR) is 67.9 cm³/mol. The van der Waals surface area contributed by atoms with E-state index in [-0.39, 0.29) is 36.9 Å². The molecule has 0 unspecified atom stereocenters. The molecular weight excluding hydrogens is 248 g/mol. The molecule has 2 aromatic rings. The Morgan fingerprint density at radius 2 is 2.16 bits per heavy atom. The van der Waals surface area contributed by atoms with Crippen LogP contribution in [0.3, 0.4) is 0 Å². The molecule has 0 spiro atoms. The summed E-state index contributed by atoms with van der Waals surface area (Å²) in [4.78, 5) is 23.1. The van der Waals surface area contributed by atoms with Crippen LogP contribution in [0.5, 0.6) is 0 Å². The van der Waals surface area contributed by atoms with Gasteiger partial charge in [-0.2, -0.15) is 0 Å². The molecule has 0 radical (unpaired) electrons. The van der Waals surface area contributed by atoms with Gasteiger partial charge in [0.1, 0.15) is 5.76 Å². The van der Waals surface area contributed by atoms with Gasteiger partial charge in [-0.05, 0) is 18.2 Å². The SMILES string of the molecule is O=C(NCCO)c1ccc(Cn2ccccc2=O)o1. The number of amides is 1. The fourth-order valence-electron chi connectivity index (χ4n) is 1.60. The van der Waals surface area contributed by atoms with E-state index in [9.17, 15) is 9.59 Å². The van der Waals surface area contributed by atoms with Gasteiger partial charge >= 0.3 is 0 Å². The third-order valence-corrected chi connectivity index (χ3v) is 2.51. The van der Waals surface area contributed by atoms with Crippen molar-refractivity contribution in [2.45, 2.75) is 6.54 Å². The first-order valence-corrected chi connectivity index (χ1v) is 5.84. The largest absolute Gasteiger partial charge is 0.454 e. The van der Waals surface area contributed by atoms with Gasteiger partial charge in [-0.15, -0.1) is 0 Å². The molecule has 0 aromatic carbocycles. The number of furan rings is 1. The molecule has 2 aromatic heterocycles. The Hall–Kier alpha value is -2.34. The summed E-state index contributed by atoms with van der Waals surface area (Å²) in [6.45, 7) is 0.318. The van der Waals surface area contributed by atoms with Gasteiger partial charge in [0.05, 0.1) is 13.2 Å². The molecule has 0 saturated carbocycles. The molecule has 2 rings (SSSR count). The Balaban J connectivity index is 2.07. The van der Waals surface area contributed by atoms with Crippen LogP contribution >= 0.6 is 0 Å². The minimum Gasteiger partial charge on any atom is -0.454 e. The lowest BCUT2D eigenvalue weighted by Gasteiger charge is -2.02. The summed E-state index contributed by atoms with van der Waals surface area (Å²) in [5.74, 6) is 0.288. The van der Waals surface area contributed by atoms with Gasteiger partial charge in [0.25, 0.3) is 11.5 Å². The number of carbonyl (C=O) groups is 1. The van der Waals surface area contributed by atoms with E-state index in [4.69, 9.17) is 9.52 Å². The molecule has 2 N–H and O–H groups in total. The highest BCUT2D eigenvalue weighted by Crippen LogP contribution is 2.08. The molecule has 0 atom stereocenters. The number of rotatable bonds is 5. The van der Waals surface area contributed by atoms with Crippen molar-refractivity contribution in [3.63, 3.8) is 0 Å². The summed E-state index contributed by atoms with van der Waals surface area (Å²) >= 11 is 0. The molecule has 0 fully saturated rings. The molecule has 19 heavy (non-hydrogen) atoms. The van der Waals surface area contributed by atoms with Crippen LogP contribution in [0.25, 0.3) is 0 Å². The number of carbonyl (C=O) groups excluding carboxylic acids is 1. The number of nitrogens with zero attached hydrogens (tertiary/aromatic N) is 1. The summed E-state index contributed by atoms with van der Waals surface area (Å²) in [5.41, 5.74) is -0.134. The monoisotopic (exact) mass is 262 g/mol. The Labute approximate surface area is 109 Å². The van der Waals surface area contributed by atoms with E-state index in [0.29, 0.717) is 5.76 Å². The van der Waals surface area contributed by atoms with Crippen LogP contribution in [0.2, 0.25) is 0 Å². The van der Waals surface area contributed by atoms with Crippen molar-refractivity contribution >= 4 is 5.91 Å². The second kappa shape index (κ2) is 6.01. The maximum atomic E-state index is 11.6. The standard InChI is InChI=1S/C13H14N2O4/c16-8-6-14-13(18)11-5-4-10(19-11)9-15-7-2-1-3-12(15)17/h1-5,7,16H,6,8-9H2,(H,14,18). The van der Waals surface area contributed by atoms with Crippen LogP contribution in [-0.2, 0) is 6.54 Å². The van der Waals surface area contributed by atoms with Crippen LogP contribution in [0.1, 0.15) is 16.3 Å².